The normalized spacial score (nSPS) is 19.4. The number of hydrogen-bond donors (Lipinski definition) is 2. The summed E-state index contributed by atoms with van der Waals surface area (Å²) in [6.45, 7) is 4.84. The second-order valence-corrected chi connectivity index (χ2v) is 5.62. The molecule has 0 spiro atoms. The van der Waals surface area contributed by atoms with E-state index in [1.807, 2.05) is 12.1 Å². The first-order chi connectivity index (χ1) is 9.24. The number of hydrogen-bond acceptors (Lipinski definition) is 2. The average molecular weight is 279 g/mol. The first-order valence-corrected chi connectivity index (χ1v) is 7.19. The highest BCUT2D eigenvalue weighted by Crippen LogP contribution is 2.25. The first kappa shape index (κ1) is 13.0. The fraction of sp³-hybridized carbons (Fsp3) is 0.467. The van der Waals surface area contributed by atoms with Crippen LogP contribution in [0.1, 0.15) is 17.7 Å². The lowest BCUT2D eigenvalue weighted by Crippen LogP contribution is -2.30. The Labute approximate surface area is 118 Å². The van der Waals surface area contributed by atoms with E-state index < -0.39 is 0 Å². The Morgan fingerprint density at radius 2 is 2.37 bits per heavy atom. The highest BCUT2D eigenvalue weighted by Gasteiger charge is 2.15. The van der Waals surface area contributed by atoms with Gasteiger partial charge in [0.1, 0.15) is 0 Å². The Morgan fingerprint density at radius 3 is 3.16 bits per heavy atom. The number of nitrogens with one attached hydrogen (secondary N) is 2. The average Bonchev–Trinajstić information content (AvgIpc) is 2.99. The summed E-state index contributed by atoms with van der Waals surface area (Å²) >= 11 is 6.09. The molecule has 19 heavy (non-hydrogen) atoms. The third kappa shape index (κ3) is 2.78. The number of aromatic nitrogens is 1. The minimum Gasteiger partial charge on any atom is -0.380 e. The van der Waals surface area contributed by atoms with Gasteiger partial charge in [-0.15, -0.1) is 0 Å². The predicted molar refractivity (Wildman–Crippen MR) is 79.0 cm³/mol. The van der Waals surface area contributed by atoms with Crippen molar-refractivity contribution in [3.8, 4) is 0 Å². The van der Waals surface area contributed by atoms with Crippen molar-refractivity contribution in [2.75, 3.05) is 19.8 Å². The topological polar surface area (TPSA) is 37.0 Å². The Hall–Kier alpha value is -1.03. The van der Waals surface area contributed by atoms with Crippen LogP contribution < -0.4 is 5.32 Å². The highest BCUT2D eigenvalue weighted by atomic mass is 35.5. The molecule has 0 aliphatic carbocycles. The van der Waals surface area contributed by atoms with Crippen molar-refractivity contribution in [1.82, 2.24) is 10.3 Å². The van der Waals surface area contributed by atoms with Crippen molar-refractivity contribution in [2.45, 2.75) is 25.8 Å². The van der Waals surface area contributed by atoms with Gasteiger partial charge in [0.05, 0.1) is 6.61 Å². The van der Waals surface area contributed by atoms with Crippen LogP contribution in [0, 0.1) is 6.92 Å². The molecule has 2 N–H and O–H groups in total. The van der Waals surface area contributed by atoms with Gasteiger partial charge in [-0.25, -0.2) is 0 Å². The molecule has 1 atom stereocenters. The number of fused-ring (bicyclic) bond motifs is 1. The second-order valence-electron chi connectivity index (χ2n) is 5.18. The van der Waals surface area contributed by atoms with E-state index in [0.717, 1.165) is 37.6 Å². The molecule has 3 rings (SSSR count). The molecule has 0 radical (unpaired) electrons. The standard InChI is InChI=1S/C15H19ClN2O/c1-10-13(4-6-17-12-5-7-19-9-12)14-8-11(16)2-3-15(14)18-10/h2-3,8,12,17-18H,4-7,9H2,1H3/t12-/m1/s1. The third-order valence-corrected chi connectivity index (χ3v) is 4.05. The monoisotopic (exact) mass is 278 g/mol. The van der Waals surface area contributed by atoms with Crippen LogP contribution in [0.3, 0.4) is 0 Å². The molecule has 3 nitrogen and oxygen atoms in total. The van der Waals surface area contributed by atoms with Crippen LogP contribution in [0.15, 0.2) is 18.2 Å². The summed E-state index contributed by atoms with van der Waals surface area (Å²) in [6, 6.07) is 6.55. The van der Waals surface area contributed by atoms with Gasteiger partial charge in [-0.2, -0.15) is 0 Å². The summed E-state index contributed by atoms with van der Waals surface area (Å²) in [7, 11) is 0. The van der Waals surface area contributed by atoms with Crippen LogP contribution >= 0.6 is 11.6 Å². The van der Waals surface area contributed by atoms with E-state index in [2.05, 4.69) is 23.3 Å². The van der Waals surface area contributed by atoms with Crippen LogP contribution in [0.2, 0.25) is 5.02 Å². The maximum Gasteiger partial charge on any atom is 0.0620 e. The molecule has 2 aromatic rings. The zero-order chi connectivity index (χ0) is 13.2. The van der Waals surface area contributed by atoms with Crippen molar-refractivity contribution < 1.29 is 4.74 Å². The summed E-state index contributed by atoms with van der Waals surface area (Å²) in [5.74, 6) is 0. The second kappa shape index (κ2) is 5.53. The molecule has 1 aromatic heterocycles. The van der Waals surface area contributed by atoms with E-state index >= 15 is 0 Å². The van der Waals surface area contributed by atoms with E-state index in [1.54, 1.807) is 0 Å². The van der Waals surface area contributed by atoms with Crippen LogP contribution in [0.5, 0.6) is 0 Å². The van der Waals surface area contributed by atoms with Gasteiger partial charge in [0.25, 0.3) is 0 Å². The van der Waals surface area contributed by atoms with Gasteiger partial charge >= 0.3 is 0 Å². The molecule has 0 saturated carbocycles. The number of H-pyrrole nitrogens is 1. The van der Waals surface area contributed by atoms with Gasteiger partial charge in [-0.05, 0) is 50.1 Å². The van der Waals surface area contributed by atoms with E-state index in [1.165, 1.54) is 22.2 Å². The number of aryl methyl sites for hydroxylation is 1. The Balaban J connectivity index is 1.72. The number of halogens is 1. The zero-order valence-corrected chi connectivity index (χ0v) is 11.9. The van der Waals surface area contributed by atoms with E-state index in [-0.39, 0.29) is 0 Å². The maximum absolute atomic E-state index is 6.09. The van der Waals surface area contributed by atoms with Crippen molar-refractivity contribution in [3.05, 3.63) is 34.5 Å². The lowest BCUT2D eigenvalue weighted by Gasteiger charge is -2.10. The zero-order valence-electron chi connectivity index (χ0n) is 11.1. The molecule has 2 heterocycles. The minimum atomic E-state index is 0.522. The van der Waals surface area contributed by atoms with Gasteiger partial charge in [-0.1, -0.05) is 11.6 Å². The number of ether oxygens (including phenoxy) is 1. The quantitative estimate of drug-likeness (QED) is 0.902. The number of benzene rings is 1. The molecule has 4 heteroatoms. The van der Waals surface area contributed by atoms with Crippen molar-refractivity contribution >= 4 is 22.5 Å². The Kier molecular flexibility index (Phi) is 3.78. The van der Waals surface area contributed by atoms with Gasteiger partial charge in [-0.3, -0.25) is 0 Å². The lowest BCUT2D eigenvalue weighted by atomic mass is 10.1. The van der Waals surface area contributed by atoms with Crippen LogP contribution in [0.25, 0.3) is 10.9 Å². The van der Waals surface area contributed by atoms with Crippen LogP contribution in [0.4, 0.5) is 0 Å². The van der Waals surface area contributed by atoms with E-state index in [9.17, 15) is 0 Å². The maximum atomic E-state index is 6.09. The number of aromatic amines is 1. The summed E-state index contributed by atoms with van der Waals surface area (Å²) in [5.41, 5.74) is 3.77. The van der Waals surface area contributed by atoms with Gasteiger partial charge in [0.2, 0.25) is 0 Å². The molecule has 0 unspecified atom stereocenters. The molecule has 102 valence electrons. The number of rotatable bonds is 4. The lowest BCUT2D eigenvalue weighted by molar-refractivity contribution is 0.190. The molecular weight excluding hydrogens is 260 g/mol. The Bertz CT molecular complexity index is 573. The molecule has 1 fully saturated rings. The fourth-order valence-electron chi connectivity index (χ4n) is 2.77. The molecule has 1 aromatic carbocycles. The van der Waals surface area contributed by atoms with E-state index in [0.29, 0.717) is 6.04 Å². The van der Waals surface area contributed by atoms with E-state index in [4.69, 9.17) is 16.3 Å². The molecule has 0 amide bonds. The molecule has 1 aliphatic rings. The van der Waals surface area contributed by atoms with Crippen molar-refractivity contribution in [3.63, 3.8) is 0 Å². The summed E-state index contributed by atoms with van der Waals surface area (Å²) in [5, 5.41) is 5.60. The SMILES string of the molecule is Cc1[nH]c2ccc(Cl)cc2c1CCN[C@@H]1CCOC1. The molecule has 1 saturated heterocycles. The molecule has 1 aliphatic heterocycles. The summed E-state index contributed by atoms with van der Waals surface area (Å²) in [6.07, 6.45) is 2.14. The Morgan fingerprint density at radius 1 is 1.47 bits per heavy atom. The summed E-state index contributed by atoms with van der Waals surface area (Å²) < 4.78 is 5.37. The van der Waals surface area contributed by atoms with Crippen LogP contribution in [-0.4, -0.2) is 30.8 Å². The smallest absolute Gasteiger partial charge is 0.0620 e. The first-order valence-electron chi connectivity index (χ1n) is 6.82. The molecular formula is C15H19ClN2O. The minimum absolute atomic E-state index is 0.522. The van der Waals surface area contributed by atoms with Crippen LogP contribution in [-0.2, 0) is 11.2 Å². The van der Waals surface area contributed by atoms with Crippen molar-refractivity contribution in [1.29, 1.82) is 0 Å². The third-order valence-electron chi connectivity index (χ3n) is 3.82. The highest BCUT2D eigenvalue weighted by molar-refractivity contribution is 6.31. The largest absolute Gasteiger partial charge is 0.380 e. The van der Waals surface area contributed by atoms with Gasteiger partial charge in [0, 0.05) is 34.3 Å². The van der Waals surface area contributed by atoms with Crippen molar-refractivity contribution in [2.24, 2.45) is 0 Å². The predicted octanol–water partition coefficient (Wildman–Crippen LogP) is 3.05. The fourth-order valence-corrected chi connectivity index (χ4v) is 2.95. The van der Waals surface area contributed by atoms with Gasteiger partial charge < -0.3 is 15.0 Å². The molecule has 0 bridgehead atoms. The summed E-state index contributed by atoms with van der Waals surface area (Å²) in [4.78, 5) is 3.42. The van der Waals surface area contributed by atoms with Gasteiger partial charge in [0.15, 0.2) is 0 Å².